The van der Waals surface area contributed by atoms with Crippen molar-refractivity contribution in [1.82, 2.24) is 5.32 Å². The van der Waals surface area contributed by atoms with E-state index in [1.807, 2.05) is 0 Å². The van der Waals surface area contributed by atoms with Gasteiger partial charge < -0.3 is 11.1 Å². The van der Waals surface area contributed by atoms with Crippen LogP contribution in [-0.2, 0) is 0 Å². The van der Waals surface area contributed by atoms with Gasteiger partial charge in [-0.1, -0.05) is 30.7 Å². The van der Waals surface area contributed by atoms with Crippen molar-refractivity contribution in [2.75, 3.05) is 13.1 Å². The van der Waals surface area contributed by atoms with Gasteiger partial charge in [-0.15, -0.1) is 0 Å². The number of nitrogens with two attached hydrogens (primary N) is 1. The lowest BCUT2D eigenvalue weighted by molar-refractivity contribution is 0.506. The highest BCUT2D eigenvalue weighted by Crippen LogP contribution is 2.22. The zero-order valence-electron chi connectivity index (χ0n) is 8.76. The van der Waals surface area contributed by atoms with Crippen LogP contribution in [0.5, 0.6) is 0 Å². The Balaban J connectivity index is 2.86. The lowest BCUT2D eigenvalue weighted by Crippen LogP contribution is -2.29. The van der Waals surface area contributed by atoms with Gasteiger partial charge in [0.05, 0.1) is 5.02 Å². The molecule has 1 aromatic carbocycles. The van der Waals surface area contributed by atoms with Gasteiger partial charge in [-0.25, -0.2) is 4.39 Å². The van der Waals surface area contributed by atoms with Crippen molar-refractivity contribution < 1.29 is 4.39 Å². The van der Waals surface area contributed by atoms with E-state index in [-0.39, 0.29) is 16.9 Å². The van der Waals surface area contributed by atoms with Crippen LogP contribution >= 0.6 is 11.6 Å². The molecular weight excluding hydrogens is 215 g/mol. The molecule has 1 aromatic rings. The molecule has 0 fully saturated rings. The van der Waals surface area contributed by atoms with Crippen LogP contribution in [0, 0.1) is 5.82 Å². The third-order valence-corrected chi connectivity index (χ3v) is 2.53. The molecule has 1 rings (SSSR count). The normalized spacial score (nSPS) is 12.8. The molecule has 3 N–H and O–H groups in total. The Bertz CT molecular complexity index is 317. The zero-order chi connectivity index (χ0) is 11.3. The average Bonchev–Trinajstić information content (AvgIpc) is 2.25. The van der Waals surface area contributed by atoms with Crippen LogP contribution in [-0.4, -0.2) is 13.1 Å². The third kappa shape index (κ3) is 3.16. The minimum atomic E-state index is -0.377. The fourth-order valence-electron chi connectivity index (χ4n) is 1.43. The maximum atomic E-state index is 13.6. The van der Waals surface area contributed by atoms with Crippen molar-refractivity contribution in [1.29, 1.82) is 0 Å². The molecule has 0 spiro atoms. The largest absolute Gasteiger partial charge is 0.329 e. The topological polar surface area (TPSA) is 38.0 Å². The molecule has 0 bridgehead atoms. The van der Waals surface area contributed by atoms with Crippen LogP contribution in [0.25, 0.3) is 0 Å². The van der Waals surface area contributed by atoms with Gasteiger partial charge in [-0.2, -0.15) is 0 Å². The van der Waals surface area contributed by atoms with Gasteiger partial charge in [-0.05, 0) is 19.0 Å². The summed E-state index contributed by atoms with van der Waals surface area (Å²) in [5, 5.41) is 3.32. The minimum absolute atomic E-state index is 0.143. The number of benzene rings is 1. The lowest BCUT2D eigenvalue weighted by Gasteiger charge is -2.17. The van der Waals surface area contributed by atoms with Gasteiger partial charge in [0.15, 0.2) is 0 Å². The van der Waals surface area contributed by atoms with Crippen LogP contribution in [0.1, 0.15) is 24.9 Å². The molecule has 1 unspecified atom stereocenters. The first-order valence-electron chi connectivity index (χ1n) is 5.08. The predicted molar refractivity (Wildman–Crippen MR) is 61.5 cm³/mol. The summed E-state index contributed by atoms with van der Waals surface area (Å²) in [5.41, 5.74) is 6.13. The van der Waals surface area contributed by atoms with Gasteiger partial charge in [0.25, 0.3) is 0 Å². The van der Waals surface area contributed by atoms with Gasteiger partial charge in [-0.3, -0.25) is 0 Å². The van der Waals surface area contributed by atoms with E-state index in [0.717, 1.165) is 13.0 Å². The monoisotopic (exact) mass is 230 g/mol. The van der Waals surface area contributed by atoms with Crippen LogP contribution in [0.15, 0.2) is 18.2 Å². The van der Waals surface area contributed by atoms with E-state index in [4.69, 9.17) is 17.3 Å². The zero-order valence-corrected chi connectivity index (χ0v) is 9.52. The number of hydrogen-bond donors (Lipinski definition) is 2. The summed E-state index contributed by atoms with van der Waals surface area (Å²) in [6.45, 7) is 3.22. The van der Waals surface area contributed by atoms with Crippen LogP contribution in [0.2, 0.25) is 5.02 Å². The van der Waals surface area contributed by atoms with E-state index in [1.165, 1.54) is 6.07 Å². The second-order valence-corrected chi connectivity index (χ2v) is 3.79. The quantitative estimate of drug-likeness (QED) is 0.816. The molecule has 2 nitrogen and oxygen atoms in total. The van der Waals surface area contributed by atoms with Crippen LogP contribution < -0.4 is 11.1 Å². The second kappa shape index (κ2) is 6.05. The van der Waals surface area contributed by atoms with Crippen molar-refractivity contribution in [3.8, 4) is 0 Å². The Morgan fingerprint density at radius 2 is 2.27 bits per heavy atom. The number of rotatable bonds is 5. The lowest BCUT2D eigenvalue weighted by atomic mass is 10.1. The fourth-order valence-corrected chi connectivity index (χ4v) is 1.61. The van der Waals surface area contributed by atoms with Crippen molar-refractivity contribution in [2.45, 2.75) is 19.4 Å². The van der Waals surface area contributed by atoms with E-state index in [9.17, 15) is 4.39 Å². The Kier molecular flexibility index (Phi) is 5.02. The number of halogens is 2. The maximum Gasteiger partial charge on any atom is 0.146 e. The molecular formula is C11H16ClFN2. The summed E-state index contributed by atoms with van der Waals surface area (Å²) in [4.78, 5) is 0. The molecule has 0 saturated carbocycles. The van der Waals surface area contributed by atoms with Gasteiger partial charge in [0.1, 0.15) is 5.82 Å². The van der Waals surface area contributed by atoms with Crippen molar-refractivity contribution >= 4 is 11.6 Å². The molecule has 1 atom stereocenters. The Labute approximate surface area is 94.6 Å². The van der Waals surface area contributed by atoms with Gasteiger partial charge in [0.2, 0.25) is 0 Å². The summed E-state index contributed by atoms with van der Waals surface area (Å²) in [6.07, 6.45) is 0.985. The first kappa shape index (κ1) is 12.4. The third-order valence-electron chi connectivity index (χ3n) is 2.23. The van der Waals surface area contributed by atoms with Gasteiger partial charge in [0, 0.05) is 18.2 Å². The van der Waals surface area contributed by atoms with E-state index in [2.05, 4.69) is 12.2 Å². The second-order valence-electron chi connectivity index (χ2n) is 3.39. The molecule has 0 aromatic heterocycles. The van der Waals surface area contributed by atoms with Gasteiger partial charge >= 0.3 is 0 Å². The Morgan fingerprint density at radius 1 is 1.53 bits per heavy atom. The highest BCUT2D eigenvalue weighted by molar-refractivity contribution is 6.30. The van der Waals surface area contributed by atoms with Crippen molar-refractivity contribution in [3.63, 3.8) is 0 Å². The molecule has 0 amide bonds. The fraction of sp³-hybridized carbons (Fsp3) is 0.455. The maximum absolute atomic E-state index is 13.6. The molecule has 84 valence electrons. The number of nitrogens with one attached hydrogen (secondary N) is 1. The summed E-state index contributed by atoms with van der Waals surface area (Å²) in [6, 6.07) is 4.82. The van der Waals surface area contributed by atoms with E-state index in [0.29, 0.717) is 12.1 Å². The molecule has 0 saturated heterocycles. The van der Waals surface area contributed by atoms with Crippen molar-refractivity contribution in [2.24, 2.45) is 5.73 Å². The molecule has 15 heavy (non-hydrogen) atoms. The van der Waals surface area contributed by atoms with E-state index >= 15 is 0 Å². The highest BCUT2D eigenvalue weighted by Gasteiger charge is 2.14. The predicted octanol–water partition coefficient (Wildman–Crippen LogP) is 2.48. The Morgan fingerprint density at radius 3 is 2.87 bits per heavy atom. The molecule has 0 radical (unpaired) electrons. The first-order valence-corrected chi connectivity index (χ1v) is 5.45. The van der Waals surface area contributed by atoms with Crippen LogP contribution in [0.3, 0.4) is 0 Å². The molecule has 0 aliphatic carbocycles. The standard InChI is InChI=1S/C11H16ClFN2/c1-2-6-15-10(7-14)8-4-3-5-9(12)11(8)13/h3-5,10,15H,2,6-7,14H2,1H3. The Hall–Kier alpha value is -0.640. The summed E-state index contributed by atoms with van der Waals surface area (Å²) in [7, 11) is 0. The molecule has 0 aliphatic heterocycles. The average molecular weight is 231 g/mol. The van der Waals surface area contributed by atoms with E-state index < -0.39 is 0 Å². The number of hydrogen-bond acceptors (Lipinski definition) is 2. The SMILES string of the molecule is CCCNC(CN)c1cccc(Cl)c1F. The van der Waals surface area contributed by atoms with E-state index in [1.54, 1.807) is 12.1 Å². The first-order chi connectivity index (χ1) is 7.20. The summed E-state index contributed by atoms with van der Waals surface area (Å²) < 4.78 is 13.6. The summed E-state index contributed by atoms with van der Waals surface area (Å²) in [5.74, 6) is -0.377. The minimum Gasteiger partial charge on any atom is -0.329 e. The molecule has 0 aliphatic rings. The highest BCUT2D eigenvalue weighted by atomic mass is 35.5. The smallest absolute Gasteiger partial charge is 0.146 e. The molecule has 0 heterocycles. The summed E-state index contributed by atoms with van der Waals surface area (Å²) >= 11 is 5.71. The van der Waals surface area contributed by atoms with Crippen molar-refractivity contribution in [3.05, 3.63) is 34.6 Å². The molecule has 4 heteroatoms. The van der Waals surface area contributed by atoms with Crippen LogP contribution in [0.4, 0.5) is 4.39 Å².